The van der Waals surface area contributed by atoms with Crippen LogP contribution in [0.3, 0.4) is 0 Å². The van der Waals surface area contributed by atoms with Gasteiger partial charge in [0.2, 0.25) is 0 Å². The fourth-order valence-electron chi connectivity index (χ4n) is 3.60. The smallest absolute Gasteiger partial charge is 0.187 e. The van der Waals surface area contributed by atoms with Gasteiger partial charge >= 0.3 is 0 Å². The molecule has 0 aliphatic rings. The van der Waals surface area contributed by atoms with E-state index in [2.05, 4.69) is 53.4 Å². The summed E-state index contributed by atoms with van der Waals surface area (Å²) in [7, 11) is 0. The normalized spacial score (nSPS) is 10.5. The van der Waals surface area contributed by atoms with Gasteiger partial charge in [0.1, 0.15) is 5.82 Å². The lowest BCUT2D eigenvalue weighted by Crippen LogP contribution is -1.91. The maximum Gasteiger partial charge on any atom is 0.187 e. The molecule has 0 bridgehead atoms. The molecule has 146 valence electrons. The Hall–Kier alpha value is -3.70. The van der Waals surface area contributed by atoms with E-state index in [0.717, 1.165) is 36.0 Å². The Labute approximate surface area is 177 Å². The molecule has 4 rings (SSSR count). The van der Waals surface area contributed by atoms with Crippen LogP contribution in [0.4, 0.5) is 10.1 Å². The summed E-state index contributed by atoms with van der Waals surface area (Å²) in [4.78, 5) is 3.44. The highest BCUT2D eigenvalue weighted by Gasteiger charge is 2.02. The van der Waals surface area contributed by atoms with Gasteiger partial charge in [-0.2, -0.15) is 0 Å². The summed E-state index contributed by atoms with van der Waals surface area (Å²) >= 11 is 0. The molecule has 2 heteroatoms. The summed E-state index contributed by atoms with van der Waals surface area (Å²) in [6.07, 6.45) is 3.16. The first-order valence-corrected chi connectivity index (χ1v) is 10.1. The molecular formula is C28H22FN. The fraction of sp³-hybridized carbons (Fsp3) is 0.107. The molecule has 0 aliphatic carbocycles. The summed E-state index contributed by atoms with van der Waals surface area (Å²) in [5, 5.41) is 0. The van der Waals surface area contributed by atoms with Crippen molar-refractivity contribution in [2.24, 2.45) is 0 Å². The van der Waals surface area contributed by atoms with Crippen molar-refractivity contribution < 1.29 is 4.39 Å². The number of rotatable bonds is 6. The maximum atomic E-state index is 13.1. The van der Waals surface area contributed by atoms with Crippen molar-refractivity contribution in [1.82, 2.24) is 0 Å². The van der Waals surface area contributed by atoms with E-state index in [1.165, 1.54) is 28.8 Å². The van der Waals surface area contributed by atoms with E-state index >= 15 is 0 Å². The molecule has 0 aliphatic heterocycles. The van der Waals surface area contributed by atoms with Crippen LogP contribution >= 0.6 is 0 Å². The third kappa shape index (κ3) is 4.82. The highest BCUT2D eigenvalue weighted by atomic mass is 19.1. The zero-order valence-electron chi connectivity index (χ0n) is 16.7. The monoisotopic (exact) mass is 391 g/mol. The molecule has 0 fully saturated rings. The molecule has 0 saturated heterocycles. The van der Waals surface area contributed by atoms with Crippen molar-refractivity contribution >= 4 is 5.69 Å². The van der Waals surface area contributed by atoms with Crippen molar-refractivity contribution in [3.05, 3.63) is 125 Å². The lowest BCUT2D eigenvalue weighted by molar-refractivity contribution is 0.628. The van der Waals surface area contributed by atoms with Crippen LogP contribution in [-0.2, 0) is 12.8 Å². The third-order valence-corrected chi connectivity index (χ3v) is 5.35. The summed E-state index contributed by atoms with van der Waals surface area (Å²) < 4.78 is 13.1. The molecular weight excluding hydrogens is 369 g/mol. The molecule has 1 nitrogen and oxygen atoms in total. The zero-order chi connectivity index (χ0) is 20.8. The minimum absolute atomic E-state index is 0.207. The van der Waals surface area contributed by atoms with Crippen LogP contribution < -0.4 is 0 Å². The van der Waals surface area contributed by atoms with Gasteiger partial charge in [-0.15, -0.1) is 0 Å². The van der Waals surface area contributed by atoms with Crippen molar-refractivity contribution in [1.29, 1.82) is 0 Å². The highest BCUT2D eigenvalue weighted by molar-refractivity contribution is 5.66. The average molecular weight is 391 g/mol. The summed E-state index contributed by atoms with van der Waals surface area (Å²) in [5.41, 5.74) is 7.77. The largest absolute Gasteiger partial charge is 0.238 e. The van der Waals surface area contributed by atoms with E-state index < -0.39 is 0 Å². The molecule has 0 radical (unpaired) electrons. The van der Waals surface area contributed by atoms with Crippen LogP contribution in [0.1, 0.15) is 17.5 Å². The number of hydrogen-bond donors (Lipinski definition) is 0. The molecule has 0 heterocycles. The van der Waals surface area contributed by atoms with E-state index in [9.17, 15) is 4.39 Å². The predicted octanol–water partition coefficient (Wildman–Crippen LogP) is 7.89. The van der Waals surface area contributed by atoms with E-state index in [0.29, 0.717) is 5.69 Å². The van der Waals surface area contributed by atoms with Crippen LogP contribution in [0.15, 0.2) is 97.1 Å². The molecule has 0 aromatic heterocycles. The Kier molecular flexibility index (Phi) is 6.01. The second-order valence-corrected chi connectivity index (χ2v) is 7.41. The van der Waals surface area contributed by atoms with Gasteiger partial charge < -0.3 is 0 Å². The molecule has 4 aromatic carbocycles. The van der Waals surface area contributed by atoms with Crippen LogP contribution in [-0.4, -0.2) is 0 Å². The number of aryl methyl sites for hydroxylation is 2. The molecule has 0 saturated carbocycles. The van der Waals surface area contributed by atoms with E-state index in [4.69, 9.17) is 6.57 Å². The number of halogens is 1. The first-order chi connectivity index (χ1) is 14.7. The Morgan fingerprint density at radius 2 is 0.900 bits per heavy atom. The summed E-state index contributed by atoms with van der Waals surface area (Å²) in [6.45, 7) is 7.04. The fourth-order valence-corrected chi connectivity index (χ4v) is 3.60. The van der Waals surface area contributed by atoms with E-state index in [-0.39, 0.29) is 5.82 Å². The van der Waals surface area contributed by atoms with Gasteiger partial charge in [0, 0.05) is 0 Å². The van der Waals surface area contributed by atoms with Gasteiger partial charge in [0.25, 0.3) is 0 Å². The molecule has 0 amide bonds. The van der Waals surface area contributed by atoms with Gasteiger partial charge in [-0.1, -0.05) is 84.9 Å². The quantitative estimate of drug-likeness (QED) is 0.294. The van der Waals surface area contributed by atoms with Crippen LogP contribution in [0, 0.1) is 12.4 Å². The van der Waals surface area contributed by atoms with Gasteiger partial charge in [-0.25, -0.2) is 9.24 Å². The number of hydrogen-bond acceptors (Lipinski definition) is 0. The Bertz CT molecular complexity index is 1130. The summed E-state index contributed by atoms with van der Waals surface area (Å²) in [6, 6.07) is 31.6. The van der Waals surface area contributed by atoms with Gasteiger partial charge in [0.15, 0.2) is 5.69 Å². The summed E-state index contributed by atoms with van der Waals surface area (Å²) in [5.74, 6) is -0.207. The SMILES string of the molecule is [C-]#[N+]c1ccc(-c2ccc(CCCc3ccc(-c4ccc(F)cc4)cc3)cc2)cc1. The van der Waals surface area contributed by atoms with Gasteiger partial charge in [0.05, 0.1) is 6.57 Å². The van der Waals surface area contributed by atoms with Crippen molar-refractivity contribution in [2.75, 3.05) is 0 Å². The predicted molar refractivity (Wildman–Crippen MR) is 122 cm³/mol. The third-order valence-electron chi connectivity index (χ3n) is 5.35. The Balaban J connectivity index is 1.31. The second kappa shape index (κ2) is 9.20. The topological polar surface area (TPSA) is 4.36 Å². The Morgan fingerprint density at radius 3 is 1.30 bits per heavy atom. The Morgan fingerprint density at radius 1 is 0.533 bits per heavy atom. The minimum Gasteiger partial charge on any atom is -0.238 e. The molecule has 0 spiro atoms. The molecule has 30 heavy (non-hydrogen) atoms. The van der Waals surface area contributed by atoms with Crippen LogP contribution in [0.2, 0.25) is 0 Å². The molecule has 0 N–H and O–H groups in total. The molecule has 0 atom stereocenters. The van der Waals surface area contributed by atoms with Crippen LogP contribution in [0.5, 0.6) is 0 Å². The first-order valence-electron chi connectivity index (χ1n) is 10.1. The van der Waals surface area contributed by atoms with Gasteiger partial charge in [-0.05, 0) is 64.8 Å². The van der Waals surface area contributed by atoms with Crippen molar-refractivity contribution in [3.8, 4) is 22.3 Å². The van der Waals surface area contributed by atoms with E-state index in [1.54, 1.807) is 0 Å². The second-order valence-electron chi connectivity index (χ2n) is 7.41. The first kappa shape index (κ1) is 19.6. The number of benzene rings is 4. The lowest BCUT2D eigenvalue weighted by atomic mass is 9.99. The van der Waals surface area contributed by atoms with E-state index in [1.807, 2.05) is 36.4 Å². The van der Waals surface area contributed by atoms with Gasteiger partial charge in [-0.3, -0.25) is 0 Å². The standard InChI is InChI=1S/C28H22FN/c1-30-28-19-15-26(16-20-28)24-11-7-22(8-12-24)4-2-3-21-5-9-23(10-6-21)25-13-17-27(29)18-14-25/h5-20H,2-4H2. The highest BCUT2D eigenvalue weighted by Crippen LogP contribution is 2.24. The lowest BCUT2D eigenvalue weighted by Gasteiger charge is -2.07. The molecule has 0 unspecified atom stereocenters. The van der Waals surface area contributed by atoms with Crippen molar-refractivity contribution in [2.45, 2.75) is 19.3 Å². The maximum absolute atomic E-state index is 13.1. The minimum atomic E-state index is -0.207. The number of nitrogens with zero attached hydrogens (tertiary/aromatic N) is 1. The zero-order valence-corrected chi connectivity index (χ0v) is 16.7. The van der Waals surface area contributed by atoms with Crippen LogP contribution in [0.25, 0.3) is 27.1 Å². The molecule has 4 aromatic rings. The average Bonchev–Trinajstić information content (AvgIpc) is 2.81. The van der Waals surface area contributed by atoms with Crippen molar-refractivity contribution in [3.63, 3.8) is 0 Å².